The maximum absolute atomic E-state index is 8.07. The molecule has 3 heteroatoms. The lowest BCUT2D eigenvalue weighted by atomic mass is 10.5. The predicted octanol–water partition coefficient (Wildman–Crippen LogP) is 1.10. The van der Waals surface area contributed by atoms with Crippen LogP contribution < -0.4 is 5.73 Å². The van der Waals surface area contributed by atoms with Gasteiger partial charge in [0.2, 0.25) is 0 Å². The van der Waals surface area contributed by atoms with Crippen LogP contribution in [0, 0.1) is 11.3 Å². The first-order chi connectivity index (χ1) is 3.18. The van der Waals surface area contributed by atoms with Gasteiger partial charge in [-0.3, -0.25) is 0 Å². The van der Waals surface area contributed by atoms with Crippen molar-refractivity contribution in [3.63, 3.8) is 0 Å². The van der Waals surface area contributed by atoms with E-state index in [1.165, 1.54) is 0 Å². The summed E-state index contributed by atoms with van der Waals surface area (Å²) in [4.78, 5) is 0. The number of allylic oxidation sites excluding steroid dienone is 2. The Morgan fingerprint density at radius 3 is 2.29 bits per heavy atom. The number of hydrogen-bond acceptors (Lipinski definition) is 2. The molecule has 0 aliphatic carbocycles. The lowest BCUT2D eigenvalue weighted by Gasteiger charge is -1.83. The van der Waals surface area contributed by atoms with Crippen molar-refractivity contribution in [1.29, 1.82) is 5.26 Å². The molecule has 0 spiro atoms. The minimum Gasteiger partial charge on any atom is -0.401 e. The van der Waals surface area contributed by atoms with E-state index in [9.17, 15) is 0 Å². The van der Waals surface area contributed by atoms with Gasteiger partial charge in [0.05, 0.1) is 0 Å². The molecule has 2 N–H and O–H groups in total. The lowest BCUT2D eigenvalue weighted by Crippen LogP contribution is -1.91. The zero-order valence-electron chi connectivity index (χ0n) is 3.90. The fourth-order valence-corrected chi connectivity index (χ4v) is 0.0882. The second kappa shape index (κ2) is 2.64. The van der Waals surface area contributed by atoms with Gasteiger partial charge in [0.1, 0.15) is 10.6 Å². The predicted molar refractivity (Wildman–Crippen MR) is 31.4 cm³/mol. The highest BCUT2D eigenvalue weighted by Gasteiger charge is 1.86. The maximum atomic E-state index is 8.07. The molecule has 0 fully saturated rings. The van der Waals surface area contributed by atoms with E-state index in [0.29, 0.717) is 10.2 Å². The third-order valence-corrected chi connectivity index (χ3v) is 1.25. The highest BCUT2D eigenvalue weighted by molar-refractivity contribution is 9.12. The van der Waals surface area contributed by atoms with Crippen LogP contribution in [0.1, 0.15) is 6.92 Å². The minimum absolute atomic E-state index is 0.410. The van der Waals surface area contributed by atoms with Crippen LogP contribution in [-0.4, -0.2) is 0 Å². The minimum atomic E-state index is 0.410. The summed E-state index contributed by atoms with van der Waals surface area (Å²) in [6.07, 6.45) is 0. The Kier molecular flexibility index (Phi) is 2.46. The Morgan fingerprint density at radius 2 is 2.29 bits per heavy atom. The number of nitrogens with zero attached hydrogens (tertiary/aromatic N) is 1. The van der Waals surface area contributed by atoms with Crippen molar-refractivity contribution in [2.24, 2.45) is 5.73 Å². The van der Waals surface area contributed by atoms with Gasteiger partial charge in [-0.2, -0.15) is 5.26 Å². The summed E-state index contributed by atoms with van der Waals surface area (Å²) < 4.78 is 0.410. The van der Waals surface area contributed by atoms with Gasteiger partial charge < -0.3 is 5.73 Å². The Bertz CT molecular complexity index is 127. The second-order valence-electron chi connectivity index (χ2n) is 1.11. The highest BCUT2D eigenvalue weighted by atomic mass is 79.9. The topological polar surface area (TPSA) is 49.8 Å². The van der Waals surface area contributed by atoms with Gasteiger partial charge in [0.25, 0.3) is 0 Å². The Morgan fingerprint density at radius 1 is 1.86 bits per heavy atom. The van der Waals surface area contributed by atoms with Gasteiger partial charge in [0.15, 0.2) is 0 Å². The number of halogens is 1. The first kappa shape index (κ1) is 6.51. The summed E-state index contributed by atoms with van der Waals surface area (Å²) in [6, 6.07) is 1.84. The normalized spacial score (nSPS) is 12.1. The molecule has 0 saturated carbocycles. The SMILES string of the molecule is CC(N)=C(Br)C#N. The fourth-order valence-electron chi connectivity index (χ4n) is 0.0882. The smallest absolute Gasteiger partial charge is 0.113 e. The summed E-state index contributed by atoms with van der Waals surface area (Å²) >= 11 is 2.93. The van der Waals surface area contributed by atoms with Crippen LogP contribution in [0.5, 0.6) is 0 Å². The second-order valence-corrected chi connectivity index (χ2v) is 1.90. The van der Waals surface area contributed by atoms with Crippen LogP contribution in [-0.2, 0) is 0 Å². The zero-order valence-corrected chi connectivity index (χ0v) is 5.49. The summed E-state index contributed by atoms with van der Waals surface area (Å²) in [5, 5.41) is 8.07. The van der Waals surface area contributed by atoms with E-state index in [2.05, 4.69) is 15.9 Å². The van der Waals surface area contributed by atoms with Crippen LogP contribution >= 0.6 is 15.9 Å². The monoisotopic (exact) mass is 160 g/mol. The van der Waals surface area contributed by atoms with Gasteiger partial charge >= 0.3 is 0 Å². The Balaban J connectivity index is 4.07. The largest absolute Gasteiger partial charge is 0.401 e. The quantitative estimate of drug-likeness (QED) is 0.540. The van der Waals surface area contributed by atoms with Crippen LogP contribution in [0.4, 0.5) is 0 Å². The van der Waals surface area contributed by atoms with Crippen molar-refractivity contribution >= 4 is 15.9 Å². The molecule has 0 bridgehead atoms. The molecule has 0 rings (SSSR count). The van der Waals surface area contributed by atoms with Crippen LogP contribution in [0.15, 0.2) is 10.2 Å². The number of nitrogens with two attached hydrogens (primary N) is 1. The molecule has 0 amide bonds. The van der Waals surface area contributed by atoms with Crippen molar-refractivity contribution in [2.75, 3.05) is 0 Å². The van der Waals surface area contributed by atoms with E-state index in [-0.39, 0.29) is 0 Å². The molecule has 0 radical (unpaired) electrons. The van der Waals surface area contributed by atoms with E-state index in [1.54, 1.807) is 6.92 Å². The summed E-state index contributed by atoms with van der Waals surface area (Å²) in [6.45, 7) is 1.66. The summed E-state index contributed by atoms with van der Waals surface area (Å²) in [7, 11) is 0. The third kappa shape index (κ3) is 2.24. The number of hydrogen-bond donors (Lipinski definition) is 1. The van der Waals surface area contributed by atoms with Crippen LogP contribution in [0.25, 0.3) is 0 Å². The zero-order chi connectivity index (χ0) is 5.86. The van der Waals surface area contributed by atoms with Crippen molar-refractivity contribution in [3.8, 4) is 6.07 Å². The van der Waals surface area contributed by atoms with Crippen molar-refractivity contribution < 1.29 is 0 Å². The molecule has 0 heterocycles. The van der Waals surface area contributed by atoms with E-state index < -0.39 is 0 Å². The van der Waals surface area contributed by atoms with Crippen LogP contribution in [0.2, 0.25) is 0 Å². The van der Waals surface area contributed by atoms with Gasteiger partial charge in [-0.1, -0.05) is 0 Å². The standard InChI is InChI=1S/C4H5BrN2/c1-3(7)4(5)2-6/h7H2,1H3. The van der Waals surface area contributed by atoms with Gasteiger partial charge in [-0.05, 0) is 22.9 Å². The van der Waals surface area contributed by atoms with Crippen LogP contribution in [0.3, 0.4) is 0 Å². The van der Waals surface area contributed by atoms with E-state index in [4.69, 9.17) is 11.0 Å². The molecule has 2 nitrogen and oxygen atoms in total. The van der Waals surface area contributed by atoms with Crippen molar-refractivity contribution in [1.82, 2.24) is 0 Å². The molecule has 7 heavy (non-hydrogen) atoms. The van der Waals surface area contributed by atoms with Gasteiger partial charge in [0, 0.05) is 5.70 Å². The molecule has 0 atom stereocenters. The summed E-state index contributed by atoms with van der Waals surface area (Å²) in [5.74, 6) is 0. The fraction of sp³-hybridized carbons (Fsp3) is 0.250. The molecular formula is C4H5BrN2. The van der Waals surface area contributed by atoms with E-state index >= 15 is 0 Å². The molecule has 0 aliphatic rings. The average Bonchev–Trinajstić information content (AvgIpc) is 1.65. The van der Waals surface area contributed by atoms with E-state index in [1.807, 2.05) is 6.07 Å². The van der Waals surface area contributed by atoms with Gasteiger partial charge in [-0.15, -0.1) is 0 Å². The first-order valence-electron chi connectivity index (χ1n) is 1.70. The first-order valence-corrected chi connectivity index (χ1v) is 2.49. The Labute approximate surface area is 50.7 Å². The summed E-state index contributed by atoms with van der Waals surface area (Å²) in [5.41, 5.74) is 5.67. The molecule has 0 aromatic carbocycles. The van der Waals surface area contributed by atoms with E-state index in [0.717, 1.165) is 0 Å². The van der Waals surface area contributed by atoms with Crippen molar-refractivity contribution in [2.45, 2.75) is 6.92 Å². The maximum Gasteiger partial charge on any atom is 0.113 e. The van der Waals surface area contributed by atoms with Crippen molar-refractivity contribution in [3.05, 3.63) is 10.2 Å². The molecular weight excluding hydrogens is 156 g/mol. The number of nitriles is 1. The highest BCUT2D eigenvalue weighted by Crippen LogP contribution is 2.03. The lowest BCUT2D eigenvalue weighted by molar-refractivity contribution is 1.31. The molecule has 0 aliphatic heterocycles. The Hall–Kier alpha value is -0.490. The number of rotatable bonds is 0. The third-order valence-electron chi connectivity index (χ3n) is 0.444. The average molecular weight is 161 g/mol. The molecule has 0 saturated heterocycles. The molecule has 0 unspecified atom stereocenters. The molecule has 38 valence electrons. The molecule has 0 aromatic rings. The van der Waals surface area contributed by atoms with Gasteiger partial charge in [-0.25, -0.2) is 0 Å². The molecule has 0 aromatic heterocycles.